The van der Waals surface area contributed by atoms with Crippen molar-refractivity contribution in [1.29, 1.82) is 0 Å². The van der Waals surface area contributed by atoms with Crippen LogP contribution in [0.5, 0.6) is 0 Å². The number of nitrogens with zero attached hydrogens (tertiary/aromatic N) is 1. The van der Waals surface area contributed by atoms with Crippen molar-refractivity contribution in [2.75, 3.05) is 11.9 Å². The number of rotatable bonds is 5. The van der Waals surface area contributed by atoms with Gasteiger partial charge in [0.25, 0.3) is 0 Å². The Labute approximate surface area is 146 Å². The van der Waals surface area contributed by atoms with Gasteiger partial charge in [0.15, 0.2) is 0 Å². The van der Waals surface area contributed by atoms with Crippen LogP contribution in [0.1, 0.15) is 18.4 Å². The van der Waals surface area contributed by atoms with Crippen LogP contribution in [0, 0.1) is 5.41 Å². The first-order valence-corrected chi connectivity index (χ1v) is 8.27. The number of nitrogens with one attached hydrogen (secondary N) is 1. The summed E-state index contributed by atoms with van der Waals surface area (Å²) in [5.41, 5.74) is 0.823. The van der Waals surface area contributed by atoms with E-state index in [2.05, 4.69) is 5.32 Å². The molecule has 2 aromatic carbocycles. The van der Waals surface area contributed by atoms with E-state index in [0.717, 1.165) is 11.3 Å². The molecule has 4 nitrogen and oxygen atoms in total. The Kier molecular flexibility index (Phi) is 4.58. The molecule has 124 valence electrons. The third kappa shape index (κ3) is 3.29. The lowest BCUT2D eigenvalue weighted by atomic mass is 10.0. The normalized spacial score (nSPS) is 14.8. The first-order chi connectivity index (χ1) is 11.5. The van der Waals surface area contributed by atoms with E-state index in [1.54, 1.807) is 24.1 Å². The molecule has 1 aliphatic carbocycles. The number of anilines is 1. The largest absolute Gasteiger partial charge is 0.351 e. The molecule has 1 fully saturated rings. The summed E-state index contributed by atoms with van der Waals surface area (Å²) in [6.45, 7) is 0.389. The minimum absolute atomic E-state index is 0.151. The molecule has 0 atom stereocenters. The average Bonchev–Trinajstić information content (AvgIpc) is 3.42. The third-order valence-electron chi connectivity index (χ3n) is 4.41. The zero-order valence-electron chi connectivity index (χ0n) is 13.5. The Hall–Kier alpha value is -2.33. The fraction of sp³-hybridized carbons (Fsp3) is 0.263. The third-order valence-corrected chi connectivity index (χ3v) is 4.66. The maximum Gasteiger partial charge on any atom is 0.242 e. The molecule has 2 aromatic rings. The summed E-state index contributed by atoms with van der Waals surface area (Å²) in [5, 5.41) is 3.53. The van der Waals surface area contributed by atoms with Gasteiger partial charge < -0.3 is 10.2 Å². The minimum atomic E-state index is -0.920. The van der Waals surface area contributed by atoms with Gasteiger partial charge in [-0.15, -0.1) is 0 Å². The predicted octanol–water partition coefficient (Wildman–Crippen LogP) is 3.40. The number of para-hydroxylation sites is 1. The number of hydrogen-bond donors (Lipinski definition) is 1. The molecule has 1 saturated carbocycles. The van der Waals surface area contributed by atoms with Crippen molar-refractivity contribution < 1.29 is 9.59 Å². The molecule has 0 spiro atoms. The van der Waals surface area contributed by atoms with Crippen LogP contribution in [-0.4, -0.2) is 18.9 Å². The highest BCUT2D eigenvalue weighted by Crippen LogP contribution is 2.47. The van der Waals surface area contributed by atoms with Crippen molar-refractivity contribution in [1.82, 2.24) is 5.32 Å². The fourth-order valence-corrected chi connectivity index (χ4v) is 2.83. The van der Waals surface area contributed by atoms with E-state index in [4.69, 9.17) is 11.6 Å². The fourth-order valence-electron chi connectivity index (χ4n) is 2.71. The molecular formula is C19H19ClN2O2. The summed E-state index contributed by atoms with van der Waals surface area (Å²) >= 11 is 5.85. The molecular weight excluding hydrogens is 324 g/mol. The summed E-state index contributed by atoms with van der Waals surface area (Å²) in [5.74, 6) is -0.354. The number of carbonyl (C=O) groups excluding carboxylic acids is 2. The number of hydrogen-bond acceptors (Lipinski definition) is 2. The van der Waals surface area contributed by atoms with Crippen LogP contribution < -0.4 is 10.2 Å². The van der Waals surface area contributed by atoms with Crippen molar-refractivity contribution in [3.8, 4) is 0 Å². The number of amides is 2. The number of benzene rings is 2. The monoisotopic (exact) mass is 342 g/mol. The van der Waals surface area contributed by atoms with Gasteiger partial charge in [0.1, 0.15) is 5.41 Å². The quantitative estimate of drug-likeness (QED) is 0.847. The molecule has 0 aliphatic heterocycles. The number of carbonyl (C=O) groups is 2. The molecule has 0 radical (unpaired) electrons. The summed E-state index contributed by atoms with van der Waals surface area (Å²) in [7, 11) is 1.71. The van der Waals surface area contributed by atoms with Gasteiger partial charge in [-0.25, -0.2) is 0 Å². The van der Waals surface area contributed by atoms with E-state index in [-0.39, 0.29) is 11.8 Å². The molecule has 0 saturated heterocycles. The van der Waals surface area contributed by atoms with Crippen LogP contribution in [0.25, 0.3) is 0 Å². The van der Waals surface area contributed by atoms with E-state index in [1.807, 2.05) is 42.5 Å². The van der Waals surface area contributed by atoms with E-state index in [1.165, 1.54) is 0 Å². The highest BCUT2D eigenvalue weighted by molar-refractivity contribution is 6.30. The van der Waals surface area contributed by atoms with Crippen LogP contribution in [0.3, 0.4) is 0 Å². The summed E-state index contributed by atoms with van der Waals surface area (Å²) < 4.78 is 0. The SMILES string of the molecule is CN(C(=O)C1(C(=O)NCc2ccc(Cl)cc2)CC1)c1ccccc1. The standard InChI is InChI=1S/C19H19ClN2O2/c1-22(16-5-3-2-4-6-16)18(24)19(11-12-19)17(23)21-13-14-7-9-15(20)10-8-14/h2-10H,11-13H2,1H3,(H,21,23). The molecule has 0 bridgehead atoms. The van der Waals surface area contributed by atoms with E-state index < -0.39 is 5.41 Å². The maximum atomic E-state index is 12.8. The van der Waals surface area contributed by atoms with Gasteiger partial charge in [0.2, 0.25) is 11.8 Å². The van der Waals surface area contributed by atoms with E-state index in [9.17, 15) is 9.59 Å². The first-order valence-electron chi connectivity index (χ1n) is 7.89. The minimum Gasteiger partial charge on any atom is -0.351 e. The van der Waals surface area contributed by atoms with Crippen molar-refractivity contribution in [3.05, 3.63) is 65.2 Å². The molecule has 1 N–H and O–H groups in total. The van der Waals surface area contributed by atoms with Gasteiger partial charge in [-0.2, -0.15) is 0 Å². The second-order valence-electron chi connectivity index (χ2n) is 6.09. The van der Waals surface area contributed by atoms with Crippen LogP contribution in [0.2, 0.25) is 5.02 Å². The lowest BCUT2D eigenvalue weighted by Crippen LogP contribution is -2.43. The molecule has 0 unspecified atom stereocenters. The average molecular weight is 343 g/mol. The Morgan fingerprint density at radius 3 is 2.29 bits per heavy atom. The Bertz CT molecular complexity index is 740. The van der Waals surface area contributed by atoms with Gasteiger partial charge >= 0.3 is 0 Å². The van der Waals surface area contributed by atoms with E-state index >= 15 is 0 Å². The molecule has 5 heteroatoms. The predicted molar refractivity (Wildman–Crippen MR) is 94.8 cm³/mol. The first kappa shape index (κ1) is 16.5. The van der Waals surface area contributed by atoms with Crippen LogP contribution in [0.15, 0.2) is 54.6 Å². The molecule has 0 aromatic heterocycles. The molecule has 2 amide bonds. The van der Waals surface area contributed by atoms with Crippen molar-refractivity contribution in [2.45, 2.75) is 19.4 Å². The van der Waals surface area contributed by atoms with Crippen LogP contribution in [-0.2, 0) is 16.1 Å². The van der Waals surface area contributed by atoms with Gasteiger partial charge in [0.05, 0.1) is 0 Å². The van der Waals surface area contributed by atoms with Gasteiger partial charge in [0, 0.05) is 24.3 Å². The topological polar surface area (TPSA) is 49.4 Å². The lowest BCUT2D eigenvalue weighted by Gasteiger charge is -2.23. The van der Waals surface area contributed by atoms with Gasteiger partial charge in [-0.1, -0.05) is 41.9 Å². The van der Waals surface area contributed by atoms with E-state index in [0.29, 0.717) is 24.4 Å². The second-order valence-corrected chi connectivity index (χ2v) is 6.53. The maximum absolute atomic E-state index is 12.8. The molecule has 1 aliphatic rings. The summed E-state index contributed by atoms with van der Waals surface area (Å²) in [6, 6.07) is 16.7. The van der Waals surface area contributed by atoms with Gasteiger partial charge in [-0.3, -0.25) is 9.59 Å². The summed E-state index contributed by atoms with van der Waals surface area (Å²) in [4.78, 5) is 26.9. The van der Waals surface area contributed by atoms with Crippen molar-refractivity contribution >= 4 is 29.1 Å². The molecule has 24 heavy (non-hydrogen) atoms. The van der Waals surface area contributed by atoms with Gasteiger partial charge in [-0.05, 0) is 42.7 Å². The lowest BCUT2D eigenvalue weighted by molar-refractivity contribution is -0.135. The highest BCUT2D eigenvalue weighted by atomic mass is 35.5. The van der Waals surface area contributed by atoms with Crippen molar-refractivity contribution in [3.63, 3.8) is 0 Å². The summed E-state index contributed by atoms with van der Waals surface area (Å²) in [6.07, 6.45) is 1.19. The Morgan fingerprint density at radius 2 is 1.71 bits per heavy atom. The number of halogens is 1. The molecule has 0 heterocycles. The zero-order chi connectivity index (χ0) is 17.2. The Morgan fingerprint density at radius 1 is 1.08 bits per heavy atom. The zero-order valence-corrected chi connectivity index (χ0v) is 14.2. The highest BCUT2D eigenvalue weighted by Gasteiger charge is 2.57. The Balaban J connectivity index is 1.65. The van der Waals surface area contributed by atoms with Crippen LogP contribution in [0.4, 0.5) is 5.69 Å². The van der Waals surface area contributed by atoms with Crippen LogP contribution >= 0.6 is 11.6 Å². The smallest absolute Gasteiger partial charge is 0.242 e. The second kappa shape index (κ2) is 6.65. The van der Waals surface area contributed by atoms with Crippen molar-refractivity contribution in [2.24, 2.45) is 5.41 Å². The molecule has 3 rings (SSSR count).